The van der Waals surface area contributed by atoms with Gasteiger partial charge in [-0.1, -0.05) is 19.9 Å². The zero-order valence-electron chi connectivity index (χ0n) is 23.2. The Morgan fingerprint density at radius 2 is 1.90 bits per heavy atom. The molecule has 2 N–H and O–H groups in total. The highest BCUT2D eigenvalue weighted by atomic mass is 32.2. The molecule has 0 aliphatic carbocycles. The summed E-state index contributed by atoms with van der Waals surface area (Å²) in [5.74, 6) is -2.61. The third kappa shape index (κ3) is 7.37. The lowest BCUT2D eigenvalue weighted by Crippen LogP contribution is -2.10. The van der Waals surface area contributed by atoms with Gasteiger partial charge >= 0.3 is 0 Å². The summed E-state index contributed by atoms with van der Waals surface area (Å²) in [6.07, 6.45) is 5.88. The quantitative estimate of drug-likeness (QED) is 0.160. The molecule has 0 spiro atoms. The van der Waals surface area contributed by atoms with E-state index in [0.717, 1.165) is 41.0 Å². The molecule has 2 atom stereocenters. The lowest BCUT2D eigenvalue weighted by molar-refractivity contribution is 0.535. The van der Waals surface area contributed by atoms with Gasteiger partial charge in [0.15, 0.2) is 11.0 Å². The van der Waals surface area contributed by atoms with E-state index >= 15 is 0 Å². The molecule has 4 rings (SSSR count). The van der Waals surface area contributed by atoms with Crippen LogP contribution in [0, 0.1) is 24.4 Å². The second-order valence-electron chi connectivity index (χ2n) is 9.22. The number of allylic oxidation sites excluding steroid dienone is 1. The molecule has 0 saturated carbocycles. The standard InChI is InChI=1S/C30H29F3N6OS2/c1-5-18(2)30-38-27(28(41-30)25(34-4)12-13-35-17-37-21-11-14-36-19(3)15-21)20-9-10-22(31)26(16-20)39-42(40)29-23(32)7-6-8-24(29)33/h6-16,18,39H,4-5,17H2,1-3H3,(H,36,37)/b25-12-,35-13-. The summed E-state index contributed by atoms with van der Waals surface area (Å²) in [6, 6.07) is 11.0. The van der Waals surface area contributed by atoms with Crippen LogP contribution < -0.4 is 10.0 Å². The maximum absolute atomic E-state index is 14.8. The maximum Gasteiger partial charge on any atom is 0.156 e. The van der Waals surface area contributed by atoms with Crippen molar-refractivity contribution in [3.63, 3.8) is 0 Å². The Bertz CT molecular complexity index is 1650. The van der Waals surface area contributed by atoms with Crippen molar-refractivity contribution in [2.75, 3.05) is 16.7 Å². The van der Waals surface area contributed by atoms with Gasteiger partial charge in [0.2, 0.25) is 0 Å². The fourth-order valence-corrected chi connectivity index (χ4v) is 5.98. The average Bonchev–Trinajstić information content (AvgIpc) is 3.41. The monoisotopic (exact) mass is 610 g/mol. The average molecular weight is 611 g/mol. The maximum atomic E-state index is 14.8. The van der Waals surface area contributed by atoms with Gasteiger partial charge in [-0.15, -0.1) is 11.3 Å². The number of halogens is 3. The third-order valence-electron chi connectivity index (χ3n) is 6.24. The number of thiazole rings is 1. The molecule has 0 radical (unpaired) electrons. The normalized spacial score (nSPS) is 13.2. The van der Waals surface area contributed by atoms with E-state index < -0.39 is 33.3 Å². The zero-order valence-corrected chi connectivity index (χ0v) is 24.8. The minimum Gasteiger partial charge on any atom is -0.366 e. The lowest BCUT2D eigenvalue weighted by atomic mass is 10.1. The molecule has 2 unspecified atom stereocenters. The molecule has 0 aliphatic heterocycles. The van der Waals surface area contributed by atoms with Crippen LogP contribution in [0.2, 0.25) is 0 Å². The highest BCUT2D eigenvalue weighted by molar-refractivity contribution is 7.86. The van der Waals surface area contributed by atoms with Crippen molar-refractivity contribution in [3.8, 4) is 11.3 Å². The molecular weight excluding hydrogens is 581 g/mol. The number of anilines is 2. The molecule has 0 aliphatic rings. The number of aryl methyl sites for hydroxylation is 1. The van der Waals surface area contributed by atoms with Gasteiger partial charge in [0.1, 0.15) is 29.0 Å². The van der Waals surface area contributed by atoms with Crippen LogP contribution in [0.5, 0.6) is 0 Å². The summed E-state index contributed by atoms with van der Waals surface area (Å²) in [6.45, 7) is 10.0. The van der Waals surface area contributed by atoms with E-state index in [0.29, 0.717) is 28.5 Å². The van der Waals surface area contributed by atoms with Crippen molar-refractivity contribution in [1.29, 1.82) is 0 Å². The van der Waals surface area contributed by atoms with Crippen molar-refractivity contribution in [2.45, 2.75) is 38.0 Å². The van der Waals surface area contributed by atoms with Crippen LogP contribution >= 0.6 is 11.3 Å². The van der Waals surface area contributed by atoms with E-state index in [1.807, 2.05) is 19.1 Å². The van der Waals surface area contributed by atoms with Crippen LogP contribution in [0.4, 0.5) is 24.5 Å². The number of aliphatic imine (C=N–C) groups is 2. The molecule has 2 heterocycles. The number of hydrogen-bond donors (Lipinski definition) is 2. The van der Waals surface area contributed by atoms with E-state index in [4.69, 9.17) is 4.98 Å². The van der Waals surface area contributed by atoms with Crippen molar-refractivity contribution in [2.24, 2.45) is 9.98 Å². The summed E-state index contributed by atoms with van der Waals surface area (Å²) in [5, 5.41) is 4.04. The zero-order chi connectivity index (χ0) is 30.2. The number of rotatable bonds is 12. The van der Waals surface area contributed by atoms with E-state index in [-0.39, 0.29) is 11.6 Å². The Morgan fingerprint density at radius 1 is 1.14 bits per heavy atom. The van der Waals surface area contributed by atoms with Crippen LogP contribution in [0.15, 0.2) is 75.7 Å². The highest BCUT2D eigenvalue weighted by Gasteiger charge is 2.21. The van der Waals surface area contributed by atoms with Gasteiger partial charge in [-0.05, 0) is 68.6 Å². The molecule has 0 fully saturated rings. The fraction of sp³-hybridized carbons (Fsp3) is 0.200. The van der Waals surface area contributed by atoms with Gasteiger partial charge in [0, 0.05) is 35.3 Å². The highest BCUT2D eigenvalue weighted by Crippen LogP contribution is 2.38. The Balaban J connectivity index is 1.65. The molecule has 7 nitrogen and oxygen atoms in total. The first-order valence-electron chi connectivity index (χ1n) is 13.0. The second-order valence-corrected chi connectivity index (χ2v) is 11.4. The van der Waals surface area contributed by atoms with E-state index in [2.05, 4.69) is 45.6 Å². The van der Waals surface area contributed by atoms with Crippen molar-refractivity contribution < 1.29 is 17.4 Å². The van der Waals surface area contributed by atoms with Gasteiger partial charge in [0.05, 0.1) is 27.0 Å². The minimum absolute atomic E-state index is 0.143. The van der Waals surface area contributed by atoms with E-state index in [1.165, 1.54) is 29.5 Å². The Labute approximate surface area is 249 Å². The number of aromatic nitrogens is 2. The molecule has 4 aromatic rings. The first-order valence-corrected chi connectivity index (χ1v) is 14.9. The molecular formula is C30H29F3N6OS2. The van der Waals surface area contributed by atoms with Gasteiger partial charge < -0.3 is 5.32 Å². The summed E-state index contributed by atoms with van der Waals surface area (Å²) in [7, 11) is -2.40. The molecule has 2 aromatic heterocycles. The van der Waals surface area contributed by atoms with Gasteiger partial charge in [-0.25, -0.2) is 22.4 Å². The first-order chi connectivity index (χ1) is 20.2. The smallest absolute Gasteiger partial charge is 0.156 e. The summed E-state index contributed by atoms with van der Waals surface area (Å²) in [5.41, 5.74) is 3.10. The molecule has 0 saturated heterocycles. The fourth-order valence-electron chi connectivity index (χ4n) is 3.82. The van der Waals surface area contributed by atoms with Crippen molar-refractivity contribution >= 4 is 52.3 Å². The van der Waals surface area contributed by atoms with Crippen LogP contribution in [0.3, 0.4) is 0 Å². The van der Waals surface area contributed by atoms with Crippen LogP contribution in [-0.2, 0) is 11.0 Å². The number of nitrogens with zero attached hydrogens (tertiary/aromatic N) is 4. The lowest BCUT2D eigenvalue weighted by Gasteiger charge is -2.11. The van der Waals surface area contributed by atoms with Gasteiger partial charge in [-0.3, -0.25) is 19.7 Å². The number of benzene rings is 2. The Morgan fingerprint density at radius 3 is 2.60 bits per heavy atom. The molecule has 2 aromatic carbocycles. The van der Waals surface area contributed by atoms with E-state index in [1.54, 1.807) is 18.5 Å². The number of nitrogens with one attached hydrogen (secondary N) is 2. The molecule has 42 heavy (non-hydrogen) atoms. The van der Waals surface area contributed by atoms with Crippen molar-refractivity contribution in [1.82, 2.24) is 9.97 Å². The Hall–Kier alpha value is -4.16. The summed E-state index contributed by atoms with van der Waals surface area (Å²) in [4.78, 5) is 17.6. The van der Waals surface area contributed by atoms with E-state index in [9.17, 15) is 17.4 Å². The second kappa shape index (κ2) is 14.1. The van der Waals surface area contributed by atoms with Crippen LogP contribution in [-0.4, -0.2) is 33.8 Å². The molecule has 218 valence electrons. The topological polar surface area (TPSA) is 91.6 Å². The number of pyridine rings is 1. The van der Waals surface area contributed by atoms with Gasteiger partial charge in [0.25, 0.3) is 0 Å². The van der Waals surface area contributed by atoms with Crippen LogP contribution in [0.25, 0.3) is 17.0 Å². The van der Waals surface area contributed by atoms with Gasteiger partial charge in [-0.2, -0.15) is 0 Å². The Kier molecular flexibility index (Phi) is 10.4. The molecule has 0 amide bonds. The largest absolute Gasteiger partial charge is 0.366 e. The van der Waals surface area contributed by atoms with Crippen molar-refractivity contribution in [3.05, 3.63) is 93.8 Å². The summed E-state index contributed by atoms with van der Waals surface area (Å²) >= 11 is 1.44. The molecule has 0 bridgehead atoms. The third-order valence-corrected chi connectivity index (χ3v) is 8.71. The predicted molar refractivity (Wildman–Crippen MR) is 166 cm³/mol. The minimum atomic E-state index is -2.40. The number of hydrogen-bond acceptors (Lipinski definition) is 7. The first kappa shape index (κ1) is 30.8. The SMILES string of the molecule is C=N/C(=C\C=N/CNc1ccnc(C)c1)c1sc(C(C)CC)nc1-c1ccc(F)c(NS(=O)c2c(F)cccc2F)c1. The summed E-state index contributed by atoms with van der Waals surface area (Å²) < 4.78 is 58.3. The molecule has 12 heteroatoms. The predicted octanol–water partition coefficient (Wildman–Crippen LogP) is 7.76. The van der Waals surface area contributed by atoms with Crippen LogP contribution in [0.1, 0.15) is 41.8 Å².